The average Bonchev–Trinajstić information content (AvgIpc) is 3.05. The molecule has 2 heterocycles. The van der Waals surface area contributed by atoms with Gasteiger partial charge < -0.3 is 14.8 Å². The third kappa shape index (κ3) is 2.86. The van der Waals surface area contributed by atoms with E-state index in [9.17, 15) is 9.59 Å². The highest BCUT2D eigenvalue weighted by molar-refractivity contribution is 7.16. The van der Waals surface area contributed by atoms with Crippen molar-refractivity contribution in [3.63, 3.8) is 0 Å². The number of esters is 1. The van der Waals surface area contributed by atoms with E-state index < -0.39 is 12.1 Å². The number of carbonyl (C=O) groups is 2. The molecule has 20 heavy (non-hydrogen) atoms. The summed E-state index contributed by atoms with van der Waals surface area (Å²) in [6, 6.07) is 0. The molecule has 1 aliphatic rings. The molecule has 110 valence electrons. The van der Waals surface area contributed by atoms with E-state index in [-0.39, 0.29) is 5.91 Å². The molecule has 0 aromatic carbocycles. The number of nitrogens with one attached hydrogen (secondary N) is 1. The molecular weight excluding hydrogens is 278 g/mol. The maximum absolute atomic E-state index is 12.1. The van der Waals surface area contributed by atoms with Gasteiger partial charge in [0.05, 0.1) is 12.7 Å². The number of hydrogen-bond acceptors (Lipinski definition) is 5. The molecule has 1 fully saturated rings. The Kier molecular flexibility index (Phi) is 4.77. The van der Waals surface area contributed by atoms with Crippen molar-refractivity contribution >= 4 is 28.2 Å². The molecule has 0 bridgehead atoms. The first-order valence-electron chi connectivity index (χ1n) is 6.71. The lowest BCUT2D eigenvalue weighted by atomic mass is 10.1. The number of amides is 1. The van der Waals surface area contributed by atoms with Crippen LogP contribution in [0.3, 0.4) is 0 Å². The minimum atomic E-state index is -0.409. The Morgan fingerprint density at radius 2 is 2.25 bits per heavy atom. The van der Waals surface area contributed by atoms with Crippen LogP contribution in [0.5, 0.6) is 0 Å². The summed E-state index contributed by atoms with van der Waals surface area (Å²) in [6.07, 6.45) is 1.94. The number of rotatable bonds is 4. The lowest BCUT2D eigenvalue weighted by Crippen LogP contribution is -2.27. The summed E-state index contributed by atoms with van der Waals surface area (Å²) in [5, 5.41) is 3.38. The van der Waals surface area contributed by atoms with Gasteiger partial charge in [-0.25, -0.2) is 4.79 Å². The van der Waals surface area contributed by atoms with Gasteiger partial charge in [0.2, 0.25) is 0 Å². The number of methoxy groups -OCH3 is 1. The molecule has 1 N–H and O–H groups in total. The summed E-state index contributed by atoms with van der Waals surface area (Å²) in [6.45, 7) is 4.54. The third-order valence-electron chi connectivity index (χ3n) is 3.41. The van der Waals surface area contributed by atoms with E-state index in [0.717, 1.165) is 29.7 Å². The Bertz CT molecular complexity index is 517. The monoisotopic (exact) mass is 297 g/mol. The lowest BCUT2D eigenvalue weighted by molar-refractivity contribution is -0.124. The molecular formula is C14H19NO4S. The molecule has 1 aromatic rings. The van der Waals surface area contributed by atoms with Crippen molar-refractivity contribution in [1.82, 2.24) is 0 Å². The highest BCUT2D eigenvalue weighted by atomic mass is 32.1. The largest absolute Gasteiger partial charge is 0.465 e. The maximum atomic E-state index is 12.1. The predicted molar refractivity (Wildman–Crippen MR) is 77.4 cm³/mol. The molecule has 1 saturated heterocycles. The van der Waals surface area contributed by atoms with Gasteiger partial charge in [0, 0.05) is 11.5 Å². The van der Waals surface area contributed by atoms with Crippen molar-refractivity contribution in [3.05, 3.63) is 16.0 Å². The molecule has 1 amide bonds. The van der Waals surface area contributed by atoms with E-state index in [1.54, 1.807) is 0 Å². The van der Waals surface area contributed by atoms with Crippen LogP contribution >= 0.6 is 11.3 Å². The van der Waals surface area contributed by atoms with Gasteiger partial charge >= 0.3 is 5.97 Å². The first-order chi connectivity index (χ1) is 9.58. The van der Waals surface area contributed by atoms with Gasteiger partial charge in [-0.05, 0) is 31.7 Å². The third-order valence-corrected chi connectivity index (χ3v) is 4.47. The fourth-order valence-electron chi connectivity index (χ4n) is 2.39. The molecule has 0 aliphatic carbocycles. The van der Waals surface area contributed by atoms with Gasteiger partial charge in [-0.1, -0.05) is 6.92 Å². The number of hydrogen-bond donors (Lipinski definition) is 1. The second kappa shape index (κ2) is 6.37. The van der Waals surface area contributed by atoms with Gasteiger partial charge in [0.15, 0.2) is 0 Å². The number of anilines is 1. The van der Waals surface area contributed by atoms with E-state index in [4.69, 9.17) is 9.47 Å². The van der Waals surface area contributed by atoms with Gasteiger partial charge in [0.25, 0.3) is 5.91 Å². The Morgan fingerprint density at radius 1 is 1.50 bits per heavy atom. The highest BCUT2D eigenvalue weighted by Crippen LogP contribution is 2.34. The topological polar surface area (TPSA) is 64.6 Å². The van der Waals surface area contributed by atoms with Crippen LogP contribution in [0.1, 0.15) is 40.6 Å². The first-order valence-corrected chi connectivity index (χ1v) is 7.53. The molecule has 0 saturated carbocycles. The highest BCUT2D eigenvalue weighted by Gasteiger charge is 2.27. The van der Waals surface area contributed by atoms with Crippen molar-refractivity contribution in [1.29, 1.82) is 0 Å². The van der Waals surface area contributed by atoms with Crippen LogP contribution in [0.15, 0.2) is 0 Å². The van der Waals surface area contributed by atoms with Crippen LogP contribution in [0.2, 0.25) is 0 Å². The van der Waals surface area contributed by atoms with Crippen molar-refractivity contribution in [2.75, 3.05) is 19.0 Å². The van der Waals surface area contributed by atoms with E-state index in [0.29, 0.717) is 17.2 Å². The van der Waals surface area contributed by atoms with Crippen LogP contribution in [0.4, 0.5) is 5.00 Å². The first kappa shape index (κ1) is 15.0. The zero-order chi connectivity index (χ0) is 14.7. The Labute approximate surface area is 122 Å². The van der Waals surface area contributed by atoms with Crippen molar-refractivity contribution in [2.45, 2.75) is 39.2 Å². The van der Waals surface area contributed by atoms with Crippen molar-refractivity contribution in [2.24, 2.45) is 0 Å². The van der Waals surface area contributed by atoms with E-state index in [1.165, 1.54) is 18.4 Å². The molecule has 1 aromatic heterocycles. The molecule has 0 radical (unpaired) electrons. The van der Waals surface area contributed by atoms with Crippen molar-refractivity contribution in [3.8, 4) is 0 Å². The van der Waals surface area contributed by atoms with Gasteiger partial charge in [-0.15, -0.1) is 11.3 Å². The van der Waals surface area contributed by atoms with E-state index in [2.05, 4.69) is 5.32 Å². The molecule has 0 spiro atoms. The summed E-state index contributed by atoms with van der Waals surface area (Å²) < 4.78 is 10.2. The summed E-state index contributed by atoms with van der Waals surface area (Å²) in [7, 11) is 1.35. The zero-order valence-electron chi connectivity index (χ0n) is 11.9. The summed E-state index contributed by atoms with van der Waals surface area (Å²) in [4.78, 5) is 25.1. The number of ether oxygens (including phenoxy) is 2. The standard InChI is InChI=1S/C14H19NO4S/c1-4-9-8(2)20-13(11(9)14(17)18-3)15-12(16)10-6-5-7-19-10/h10H,4-7H2,1-3H3,(H,15,16)/t10-/m1/s1. The Morgan fingerprint density at radius 3 is 2.80 bits per heavy atom. The number of aryl methyl sites for hydroxylation is 1. The Hall–Kier alpha value is -1.40. The quantitative estimate of drug-likeness (QED) is 0.867. The number of carbonyl (C=O) groups excluding carboxylic acids is 2. The lowest BCUT2D eigenvalue weighted by Gasteiger charge is -2.10. The van der Waals surface area contributed by atoms with Gasteiger partial charge in [0.1, 0.15) is 11.1 Å². The molecule has 1 aliphatic heterocycles. The molecule has 0 unspecified atom stereocenters. The predicted octanol–water partition coefficient (Wildman–Crippen LogP) is 2.52. The molecule has 2 rings (SSSR count). The van der Waals surface area contributed by atoms with Crippen molar-refractivity contribution < 1.29 is 19.1 Å². The number of thiophene rings is 1. The second-order valence-electron chi connectivity index (χ2n) is 4.68. The zero-order valence-corrected chi connectivity index (χ0v) is 12.8. The van der Waals surface area contributed by atoms with Crippen LogP contribution in [-0.2, 0) is 20.7 Å². The molecule has 6 heteroatoms. The average molecular weight is 297 g/mol. The smallest absolute Gasteiger partial charge is 0.341 e. The van der Waals surface area contributed by atoms with Gasteiger partial charge in [-0.2, -0.15) is 0 Å². The second-order valence-corrected chi connectivity index (χ2v) is 5.90. The molecule has 5 nitrogen and oxygen atoms in total. The molecule has 1 atom stereocenters. The SMILES string of the molecule is CCc1c(C)sc(NC(=O)[C@H]2CCCO2)c1C(=O)OC. The fraction of sp³-hybridized carbons (Fsp3) is 0.571. The Balaban J connectivity index is 2.26. The summed E-state index contributed by atoms with van der Waals surface area (Å²) in [5.74, 6) is -0.592. The van der Waals surface area contributed by atoms with Crippen LogP contribution in [0.25, 0.3) is 0 Å². The van der Waals surface area contributed by atoms with Crippen LogP contribution in [-0.4, -0.2) is 31.7 Å². The van der Waals surface area contributed by atoms with Crippen LogP contribution in [0, 0.1) is 6.92 Å². The van der Waals surface area contributed by atoms with Gasteiger partial charge in [-0.3, -0.25) is 4.79 Å². The summed E-state index contributed by atoms with van der Waals surface area (Å²) >= 11 is 1.41. The van der Waals surface area contributed by atoms with Crippen LogP contribution < -0.4 is 5.32 Å². The maximum Gasteiger partial charge on any atom is 0.341 e. The normalized spacial score (nSPS) is 18.1. The van der Waals surface area contributed by atoms with E-state index >= 15 is 0 Å². The van der Waals surface area contributed by atoms with E-state index in [1.807, 2.05) is 13.8 Å². The minimum absolute atomic E-state index is 0.184. The fourth-order valence-corrected chi connectivity index (χ4v) is 3.52. The minimum Gasteiger partial charge on any atom is -0.465 e. The summed E-state index contributed by atoms with van der Waals surface area (Å²) in [5.41, 5.74) is 1.41.